The van der Waals surface area contributed by atoms with Gasteiger partial charge in [0.1, 0.15) is 5.52 Å². The molecule has 0 saturated carbocycles. The van der Waals surface area contributed by atoms with Crippen LogP contribution in [0.15, 0.2) is 182 Å². The lowest BCUT2D eigenvalue weighted by Gasteiger charge is -2.15. The summed E-state index contributed by atoms with van der Waals surface area (Å²) < 4.78 is 4.65. The molecule has 7 aromatic carbocycles. The van der Waals surface area contributed by atoms with Gasteiger partial charge in [-0.05, 0) is 53.6 Å². The van der Waals surface area contributed by atoms with E-state index in [0.717, 1.165) is 104 Å². The van der Waals surface area contributed by atoms with E-state index in [1.807, 2.05) is 30.6 Å². The van der Waals surface area contributed by atoms with Crippen molar-refractivity contribution in [2.75, 3.05) is 0 Å². The summed E-state index contributed by atoms with van der Waals surface area (Å²) >= 11 is 0. The summed E-state index contributed by atoms with van der Waals surface area (Å²) in [5.41, 5.74) is 12.0. The van der Waals surface area contributed by atoms with Crippen LogP contribution < -0.4 is 0 Å². The highest BCUT2D eigenvalue weighted by Crippen LogP contribution is 2.46. The second-order valence-electron chi connectivity index (χ2n) is 14.2. The summed E-state index contributed by atoms with van der Waals surface area (Å²) in [6, 6.07) is 59.5. The second-order valence-corrected chi connectivity index (χ2v) is 14.2. The molecule has 5 aromatic heterocycles. The largest absolute Gasteiger partial charge is 0.307 e. The lowest BCUT2D eigenvalue weighted by atomic mass is 9.98. The zero-order valence-corrected chi connectivity index (χ0v) is 30.0. The number of fused-ring (bicyclic) bond motifs is 13. The fraction of sp³-hybridized carbons (Fsp3) is 0. The van der Waals surface area contributed by atoms with Crippen LogP contribution >= 0.6 is 0 Å². The van der Waals surface area contributed by atoms with Crippen molar-refractivity contribution in [1.82, 2.24) is 29.1 Å². The van der Waals surface area contributed by atoms with E-state index in [9.17, 15) is 0 Å². The molecule has 0 aliphatic carbocycles. The van der Waals surface area contributed by atoms with Crippen molar-refractivity contribution in [2.24, 2.45) is 0 Å². The van der Waals surface area contributed by atoms with Gasteiger partial charge in [-0.1, -0.05) is 127 Å². The standard InChI is InChI=1S/C50H30N6/c1-4-15-31(16-5-1)34-28-30-52-45-35(34)26-27-39-44(32-17-6-2-7-18-32)53-50(54-46(39)45)56-41-25-13-10-21-36(41)42-38-23-14-29-51-47(38)49-43(48(42)56)37-22-11-12-24-40(37)55(49)33-19-8-3-9-20-33/h1-30H. The topological polar surface area (TPSA) is 61.4 Å². The molecule has 12 aromatic rings. The van der Waals surface area contributed by atoms with Crippen molar-refractivity contribution in [2.45, 2.75) is 0 Å². The first-order valence-corrected chi connectivity index (χ1v) is 18.8. The van der Waals surface area contributed by atoms with Gasteiger partial charge in [0, 0.05) is 61.3 Å². The number of hydrogen-bond donors (Lipinski definition) is 0. The van der Waals surface area contributed by atoms with Crippen LogP contribution in [-0.4, -0.2) is 29.1 Å². The summed E-state index contributed by atoms with van der Waals surface area (Å²) in [4.78, 5) is 21.3. The molecule has 0 unspecified atom stereocenters. The van der Waals surface area contributed by atoms with Gasteiger partial charge in [-0.3, -0.25) is 14.5 Å². The third-order valence-electron chi connectivity index (χ3n) is 11.2. The van der Waals surface area contributed by atoms with Gasteiger partial charge in [-0.25, -0.2) is 9.97 Å². The number of para-hydroxylation sites is 3. The number of pyridine rings is 2. The first-order chi connectivity index (χ1) is 27.8. The fourth-order valence-electron chi connectivity index (χ4n) is 8.88. The predicted molar refractivity (Wildman–Crippen MR) is 230 cm³/mol. The molecule has 6 heteroatoms. The Kier molecular flexibility index (Phi) is 6.53. The highest BCUT2D eigenvalue weighted by atomic mass is 15.2. The van der Waals surface area contributed by atoms with Gasteiger partial charge in [0.05, 0.1) is 38.8 Å². The van der Waals surface area contributed by atoms with Crippen molar-refractivity contribution < 1.29 is 0 Å². The zero-order chi connectivity index (χ0) is 36.7. The highest BCUT2D eigenvalue weighted by Gasteiger charge is 2.26. The molecule has 0 aliphatic heterocycles. The van der Waals surface area contributed by atoms with Crippen molar-refractivity contribution in [3.63, 3.8) is 0 Å². The van der Waals surface area contributed by atoms with E-state index >= 15 is 0 Å². The number of hydrogen-bond acceptors (Lipinski definition) is 4. The number of rotatable bonds is 4. The summed E-state index contributed by atoms with van der Waals surface area (Å²) in [7, 11) is 0. The maximum atomic E-state index is 5.57. The van der Waals surface area contributed by atoms with Crippen molar-refractivity contribution in [1.29, 1.82) is 0 Å². The Labute approximate surface area is 320 Å². The third kappa shape index (κ3) is 4.32. The SMILES string of the molecule is c1ccc(-c2ccnc3c2ccc2c(-c4ccccc4)nc(-n4c5ccccc5c5c6cccnc6c6c(c7ccccc7n6-c6ccccc6)c54)nc23)cc1. The molecule has 0 radical (unpaired) electrons. The zero-order valence-electron chi connectivity index (χ0n) is 30.0. The van der Waals surface area contributed by atoms with Gasteiger partial charge in [0.15, 0.2) is 0 Å². The first kappa shape index (κ1) is 30.7. The lowest BCUT2D eigenvalue weighted by molar-refractivity contribution is 1.02. The quantitative estimate of drug-likeness (QED) is 0.170. The molecule has 6 nitrogen and oxygen atoms in total. The maximum absolute atomic E-state index is 5.57. The Bertz CT molecular complexity index is 3520. The van der Waals surface area contributed by atoms with E-state index in [2.05, 4.69) is 161 Å². The summed E-state index contributed by atoms with van der Waals surface area (Å²) in [6.07, 6.45) is 3.80. The Morgan fingerprint density at radius 2 is 0.964 bits per heavy atom. The molecule has 0 saturated heterocycles. The maximum Gasteiger partial charge on any atom is 0.235 e. The Balaban J connectivity index is 1.31. The molecule has 0 N–H and O–H groups in total. The average molecular weight is 715 g/mol. The van der Waals surface area contributed by atoms with E-state index in [1.165, 1.54) is 0 Å². The van der Waals surface area contributed by atoms with E-state index < -0.39 is 0 Å². The van der Waals surface area contributed by atoms with Gasteiger partial charge in [-0.2, -0.15) is 0 Å². The van der Waals surface area contributed by atoms with Crippen LogP contribution in [0.25, 0.3) is 110 Å². The molecule has 260 valence electrons. The molecule has 0 spiro atoms. The van der Waals surface area contributed by atoms with Crippen LogP contribution in [-0.2, 0) is 0 Å². The van der Waals surface area contributed by atoms with Crippen LogP contribution in [0.3, 0.4) is 0 Å². The smallest absolute Gasteiger partial charge is 0.235 e. The molecule has 12 rings (SSSR count). The minimum absolute atomic E-state index is 0.586. The third-order valence-corrected chi connectivity index (χ3v) is 11.2. The second kappa shape index (κ2) is 11.9. The van der Waals surface area contributed by atoms with Gasteiger partial charge >= 0.3 is 0 Å². The molecule has 5 heterocycles. The predicted octanol–water partition coefficient (Wildman–Crippen LogP) is 12.3. The normalized spacial score (nSPS) is 11.9. The number of nitrogens with zero attached hydrogens (tertiary/aromatic N) is 6. The van der Waals surface area contributed by atoms with E-state index in [1.54, 1.807) is 0 Å². The molecule has 0 aliphatic rings. The Morgan fingerprint density at radius 1 is 0.357 bits per heavy atom. The highest BCUT2D eigenvalue weighted by molar-refractivity contribution is 6.36. The minimum Gasteiger partial charge on any atom is -0.307 e. The van der Waals surface area contributed by atoms with E-state index in [4.69, 9.17) is 19.9 Å². The monoisotopic (exact) mass is 714 g/mol. The van der Waals surface area contributed by atoms with Gasteiger partial charge in [0.2, 0.25) is 5.95 Å². The van der Waals surface area contributed by atoms with Crippen molar-refractivity contribution >= 4 is 76.3 Å². The van der Waals surface area contributed by atoms with E-state index in [-0.39, 0.29) is 0 Å². The molecule has 0 amide bonds. The number of benzene rings is 7. The summed E-state index contributed by atoms with van der Waals surface area (Å²) in [5, 5.41) is 7.55. The molecular formula is C50H30N6. The fourth-order valence-corrected chi connectivity index (χ4v) is 8.88. The molecule has 0 atom stereocenters. The van der Waals surface area contributed by atoms with Crippen LogP contribution in [0.4, 0.5) is 0 Å². The van der Waals surface area contributed by atoms with Crippen LogP contribution in [0.2, 0.25) is 0 Å². The number of aromatic nitrogens is 6. The van der Waals surface area contributed by atoms with Crippen LogP contribution in [0.1, 0.15) is 0 Å². The molecule has 0 fully saturated rings. The minimum atomic E-state index is 0.586. The molecule has 56 heavy (non-hydrogen) atoms. The van der Waals surface area contributed by atoms with Gasteiger partial charge < -0.3 is 4.57 Å². The van der Waals surface area contributed by atoms with Crippen molar-refractivity contribution in [3.8, 4) is 34.0 Å². The van der Waals surface area contributed by atoms with Gasteiger partial charge in [-0.15, -0.1) is 0 Å². The molecule has 0 bridgehead atoms. The summed E-state index contributed by atoms with van der Waals surface area (Å²) in [6.45, 7) is 0. The van der Waals surface area contributed by atoms with Crippen molar-refractivity contribution in [3.05, 3.63) is 182 Å². The van der Waals surface area contributed by atoms with E-state index in [0.29, 0.717) is 5.95 Å². The Morgan fingerprint density at radius 3 is 1.73 bits per heavy atom. The molecular weight excluding hydrogens is 685 g/mol. The van der Waals surface area contributed by atoms with Crippen LogP contribution in [0, 0.1) is 0 Å². The average Bonchev–Trinajstić information content (AvgIpc) is 3.81. The van der Waals surface area contributed by atoms with Gasteiger partial charge in [0.25, 0.3) is 0 Å². The lowest BCUT2D eigenvalue weighted by Crippen LogP contribution is -2.04. The summed E-state index contributed by atoms with van der Waals surface area (Å²) in [5.74, 6) is 0.586. The van der Waals surface area contributed by atoms with Crippen LogP contribution in [0.5, 0.6) is 0 Å². The Hall–Kier alpha value is -7.70. The first-order valence-electron chi connectivity index (χ1n) is 18.8.